The number of rotatable bonds is 5. The number of nitrogens with one attached hydrogen (secondary N) is 1. The van der Waals surface area contributed by atoms with Crippen molar-refractivity contribution in [2.45, 2.75) is 19.4 Å². The Labute approximate surface area is 83.0 Å². The van der Waals surface area contributed by atoms with Crippen molar-refractivity contribution in [3.8, 4) is 0 Å². The fourth-order valence-corrected chi connectivity index (χ4v) is 1.55. The average Bonchev–Trinajstić information content (AvgIpc) is 2.00. The zero-order valence-corrected chi connectivity index (χ0v) is 9.78. The summed E-state index contributed by atoms with van der Waals surface area (Å²) in [6.07, 6.45) is 0.808. The molecule has 0 amide bonds. The van der Waals surface area contributed by atoms with Crippen LogP contribution in [0.15, 0.2) is 0 Å². The van der Waals surface area contributed by atoms with Gasteiger partial charge in [-0.25, -0.2) is 0 Å². The lowest BCUT2D eigenvalue weighted by atomic mass is 10.2. The van der Waals surface area contributed by atoms with Crippen LogP contribution >= 0.6 is 32.0 Å². The normalized spacial score (nSPS) is 12.6. The van der Waals surface area contributed by atoms with Gasteiger partial charge in [-0.2, -0.15) is 0 Å². The van der Waals surface area contributed by atoms with E-state index in [2.05, 4.69) is 37.1 Å². The van der Waals surface area contributed by atoms with Crippen LogP contribution in [0.25, 0.3) is 0 Å². The summed E-state index contributed by atoms with van der Waals surface area (Å²) >= 11 is 2.23. The molecular weight excluding hydrogens is 276 g/mol. The summed E-state index contributed by atoms with van der Waals surface area (Å²) in [5, 5.41) is 2.82. The molecule has 5 heteroatoms. The lowest BCUT2D eigenvalue weighted by Crippen LogP contribution is -2.32. The zero-order chi connectivity index (χ0) is 8.69. The van der Waals surface area contributed by atoms with Gasteiger partial charge in [0.2, 0.25) is 0 Å². The van der Waals surface area contributed by atoms with Gasteiger partial charge in [-0.05, 0) is 13.3 Å². The summed E-state index contributed by atoms with van der Waals surface area (Å²) in [4.78, 5) is 11.1. The summed E-state index contributed by atoms with van der Waals surface area (Å²) in [6.45, 7) is 2.25. The Morgan fingerprint density at radius 3 is 2.82 bits per heavy atom. The van der Waals surface area contributed by atoms with Crippen LogP contribution in [0.5, 0.6) is 0 Å². The molecule has 0 spiro atoms. The van der Waals surface area contributed by atoms with Crippen molar-refractivity contribution in [2.24, 2.45) is 0 Å². The Morgan fingerprint density at radius 2 is 2.45 bits per heavy atom. The number of hydrogen-bond acceptors (Lipinski definition) is 3. The summed E-state index contributed by atoms with van der Waals surface area (Å²) < 4.78 is 5.78. The number of hydrogen-bond donors (Lipinski definition) is 1. The molecule has 0 saturated carbocycles. The third-order valence-electron chi connectivity index (χ3n) is 1.17. The maximum Gasteiger partial charge on any atom is 0.323 e. The van der Waals surface area contributed by atoms with Crippen LogP contribution in [0.3, 0.4) is 0 Å². The first kappa shape index (κ1) is 11.6. The predicted molar refractivity (Wildman–Crippen MR) is 56.8 cm³/mol. The molecule has 2 atom stereocenters. The summed E-state index contributed by atoms with van der Waals surface area (Å²) in [5.41, 5.74) is 0. The van der Waals surface area contributed by atoms with Crippen LogP contribution in [0.1, 0.15) is 13.3 Å². The third-order valence-corrected chi connectivity index (χ3v) is 2.20. The zero-order valence-electron chi connectivity index (χ0n) is 6.47. The SMILES string of the molecule is CCOC(=O)C(CCI)NP. The maximum atomic E-state index is 11.1. The second kappa shape index (κ2) is 7.25. The molecule has 0 saturated heterocycles. The van der Waals surface area contributed by atoms with Crippen LogP contribution in [0.4, 0.5) is 0 Å². The number of alkyl halides is 1. The van der Waals surface area contributed by atoms with Crippen molar-refractivity contribution in [3.63, 3.8) is 0 Å². The average molecular weight is 289 g/mol. The molecule has 0 aliphatic carbocycles. The van der Waals surface area contributed by atoms with Crippen molar-refractivity contribution < 1.29 is 9.53 Å². The van der Waals surface area contributed by atoms with Gasteiger partial charge >= 0.3 is 5.97 Å². The van der Waals surface area contributed by atoms with E-state index < -0.39 is 0 Å². The molecule has 0 heterocycles. The smallest absolute Gasteiger partial charge is 0.323 e. The van der Waals surface area contributed by atoms with Gasteiger partial charge in [-0.1, -0.05) is 32.0 Å². The van der Waals surface area contributed by atoms with E-state index in [1.807, 2.05) is 6.92 Å². The van der Waals surface area contributed by atoms with Crippen molar-refractivity contribution >= 4 is 38.0 Å². The fraction of sp³-hybridized carbons (Fsp3) is 0.833. The first-order valence-corrected chi connectivity index (χ1v) is 5.55. The molecule has 0 aromatic carbocycles. The van der Waals surface area contributed by atoms with E-state index in [9.17, 15) is 4.79 Å². The quantitative estimate of drug-likeness (QED) is 0.357. The van der Waals surface area contributed by atoms with E-state index in [1.54, 1.807) is 0 Å². The highest BCUT2D eigenvalue weighted by Crippen LogP contribution is 2.00. The molecule has 11 heavy (non-hydrogen) atoms. The third kappa shape index (κ3) is 4.93. The Morgan fingerprint density at radius 1 is 1.82 bits per heavy atom. The number of ether oxygens (including phenoxy) is 1. The number of carbonyl (C=O) groups is 1. The van der Waals surface area contributed by atoms with Crippen molar-refractivity contribution in [3.05, 3.63) is 0 Å². The Kier molecular flexibility index (Phi) is 7.64. The van der Waals surface area contributed by atoms with Gasteiger partial charge in [0.15, 0.2) is 0 Å². The number of esters is 1. The first-order valence-electron chi connectivity index (χ1n) is 3.45. The monoisotopic (exact) mass is 289 g/mol. The summed E-state index contributed by atoms with van der Waals surface area (Å²) in [7, 11) is 2.33. The molecular formula is C6H13INO2P. The number of carbonyl (C=O) groups excluding carboxylic acids is 1. The van der Waals surface area contributed by atoms with E-state index >= 15 is 0 Å². The summed E-state index contributed by atoms with van der Waals surface area (Å²) in [6, 6.07) is -0.170. The van der Waals surface area contributed by atoms with E-state index in [4.69, 9.17) is 4.74 Å². The molecule has 0 bridgehead atoms. The van der Waals surface area contributed by atoms with Gasteiger partial charge in [-0.15, -0.1) is 0 Å². The molecule has 0 rings (SSSR count). The molecule has 66 valence electrons. The standard InChI is InChI=1S/C6H13INO2P/c1-2-10-6(9)5(8-11)3-4-7/h5,8H,2-4,11H2,1H3. The van der Waals surface area contributed by atoms with E-state index in [0.29, 0.717) is 6.61 Å². The highest BCUT2D eigenvalue weighted by atomic mass is 127. The van der Waals surface area contributed by atoms with Crippen LogP contribution < -0.4 is 5.09 Å². The van der Waals surface area contributed by atoms with Gasteiger partial charge in [-0.3, -0.25) is 9.88 Å². The second-order valence-electron chi connectivity index (χ2n) is 1.95. The van der Waals surface area contributed by atoms with Gasteiger partial charge in [0.05, 0.1) is 6.61 Å². The van der Waals surface area contributed by atoms with E-state index in [-0.39, 0.29) is 12.0 Å². The minimum absolute atomic E-state index is 0.167. The van der Waals surface area contributed by atoms with Crippen molar-refractivity contribution in [2.75, 3.05) is 11.0 Å². The van der Waals surface area contributed by atoms with E-state index in [0.717, 1.165) is 10.8 Å². The first-order chi connectivity index (χ1) is 5.26. The van der Waals surface area contributed by atoms with E-state index in [1.165, 1.54) is 0 Å². The molecule has 0 aromatic rings. The minimum atomic E-state index is -0.170. The Balaban J connectivity index is 3.71. The lowest BCUT2D eigenvalue weighted by molar-refractivity contribution is -0.145. The molecule has 1 N–H and O–H groups in total. The summed E-state index contributed by atoms with van der Waals surface area (Å²) in [5.74, 6) is -0.167. The van der Waals surface area contributed by atoms with Crippen LogP contribution in [0, 0.1) is 0 Å². The van der Waals surface area contributed by atoms with Crippen molar-refractivity contribution in [1.82, 2.24) is 5.09 Å². The molecule has 2 unspecified atom stereocenters. The Hall–Kier alpha value is 0.590. The van der Waals surface area contributed by atoms with Crippen LogP contribution in [-0.4, -0.2) is 23.0 Å². The highest BCUT2D eigenvalue weighted by molar-refractivity contribution is 14.1. The van der Waals surface area contributed by atoms with Gasteiger partial charge < -0.3 is 4.74 Å². The molecule has 0 radical (unpaired) electrons. The molecule has 0 aromatic heterocycles. The van der Waals surface area contributed by atoms with Gasteiger partial charge in [0, 0.05) is 4.43 Å². The van der Waals surface area contributed by atoms with Crippen molar-refractivity contribution in [1.29, 1.82) is 0 Å². The predicted octanol–water partition coefficient (Wildman–Crippen LogP) is 1.12. The molecule has 0 aliphatic heterocycles. The topological polar surface area (TPSA) is 38.3 Å². The molecule has 0 aliphatic rings. The molecule has 0 fully saturated rings. The largest absolute Gasteiger partial charge is 0.465 e. The molecule has 3 nitrogen and oxygen atoms in total. The minimum Gasteiger partial charge on any atom is -0.465 e. The fourth-order valence-electron chi connectivity index (χ4n) is 0.621. The van der Waals surface area contributed by atoms with Crippen LogP contribution in [-0.2, 0) is 9.53 Å². The van der Waals surface area contributed by atoms with Gasteiger partial charge in [0.1, 0.15) is 6.04 Å². The van der Waals surface area contributed by atoms with Gasteiger partial charge in [0.25, 0.3) is 0 Å². The lowest BCUT2D eigenvalue weighted by Gasteiger charge is -2.12. The maximum absolute atomic E-state index is 11.1. The Bertz CT molecular complexity index is 123. The highest BCUT2D eigenvalue weighted by Gasteiger charge is 2.15. The number of halogens is 1. The van der Waals surface area contributed by atoms with Crippen LogP contribution in [0.2, 0.25) is 0 Å². The second-order valence-corrected chi connectivity index (χ2v) is 3.36.